The molecule has 2 aromatic rings. The Hall–Kier alpha value is -1.74. The Morgan fingerprint density at radius 1 is 1.22 bits per heavy atom. The van der Waals surface area contributed by atoms with Gasteiger partial charge in [-0.2, -0.15) is 0 Å². The summed E-state index contributed by atoms with van der Waals surface area (Å²) in [5.41, 5.74) is 9.87. The van der Waals surface area contributed by atoms with Gasteiger partial charge in [-0.05, 0) is 41.7 Å². The first kappa shape index (κ1) is 11.4. The lowest BCUT2D eigenvalue weighted by Crippen LogP contribution is -2.17. The average Bonchev–Trinajstić information content (AvgIpc) is 2.55. The van der Waals surface area contributed by atoms with E-state index >= 15 is 0 Å². The van der Waals surface area contributed by atoms with E-state index in [0.29, 0.717) is 13.0 Å². The van der Waals surface area contributed by atoms with Gasteiger partial charge in [0.2, 0.25) is 0 Å². The van der Waals surface area contributed by atoms with Gasteiger partial charge in [0.1, 0.15) is 5.82 Å². The summed E-state index contributed by atoms with van der Waals surface area (Å²) < 4.78 is 13.9. The third-order valence-corrected chi connectivity index (χ3v) is 3.64. The Labute approximate surface area is 106 Å². The topological polar surface area (TPSA) is 38.9 Å². The number of halogens is 1. The van der Waals surface area contributed by atoms with Gasteiger partial charge in [-0.15, -0.1) is 0 Å². The largest absolute Gasteiger partial charge is 0.330 e. The van der Waals surface area contributed by atoms with Crippen molar-refractivity contribution in [1.29, 1.82) is 0 Å². The van der Waals surface area contributed by atoms with Gasteiger partial charge >= 0.3 is 0 Å². The van der Waals surface area contributed by atoms with Crippen LogP contribution in [0.5, 0.6) is 0 Å². The van der Waals surface area contributed by atoms with Crippen molar-refractivity contribution in [2.24, 2.45) is 5.73 Å². The summed E-state index contributed by atoms with van der Waals surface area (Å²) in [5, 5.41) is 0. The Kier molecular flexibility index (Phi) is 2.84. The number of nitrogens with two attached hydrogens (primary N) is 1. The Morgan fingerprint density at radius 2 is 2.06 bits per heavy atom. The number of nitrogens with zero attached hydrogens (tertiary/aromatic N) is 1. The van der Waals surface area contributed by atoms with Crippen molar-refractivity contribution in [2.75, 3.05) is 6.54 Å². The number of hydrogen-bond donors (Lipinski definition) is 1. The Morgan fingerprint density at radius 3 is 2.89 bits per heavy atom. The van der Waals surface area contributed by atoms with Crippen LogP contribution in [0.15, 0.2) is 36.5 Å². The Balaban J connectivity index is 2.16. The third-order valence-electron chi connectivity index (χ3n) is 3.64. The highest BCUT2D eigenvalue weighted by molar-refractivity contribution is 5.40. The summed E-state index contributed by atoms with van der Waals surface area (Å²) in [4.78, 5) is 4.44. The molecule has 92 valence electrons. The van der Waals surface area contributed by atoms with Crippen molar-refractivity contribution in [3.8, 4) is 0 Å². The minimum absolute atomic E-state index is 0.111. The monoisotopic (exact) mass is 242 g/mol. The number of hydrogen-bond acceptors (Lipinski definition) is 2. The molecule has 0 saturated carbocycles. The summed E-state index contributed by atoms with van der Waals surface area (Å²) in [6.45, 7) is 0.498. The molecule has 0 radical (unpaired) electrons. The van der Waals surface area contributed by atoms with E-state index in [1.54, 1.807) is 12.3 Å². The molecule has 1 heterocycles. The lowest BCUT2D eigenvalue weighted by Gasteiger charge is -2.14. The van der Waals surface area contributed by atoms with Crippen LogP contribution in [0, 0.1) is 5.82 Å². The fraction of sp³-hybridized carbons (Fsp3) is 0.267. The van der Waals surface area contributed by atoms with Gasteiger partial charge in [0, 0.05) is 24.4 Å². The maximum absolute atomic E-state index is 13.9. The molecule has 3 heteroatoms. The van der Waals surface area contributed by atoms with Crippen LogP contribution in [0.2, 0.25) is 0 Å². The number of benzene rings is 1. The van der Waals surface area contributed by atoms with E-state index in [2.05, 4.69) is 11.1 Å². The standard InChI is InChI=1S/C15H15FN2/c16-14-5-1-3-10-7-11-4-2-6-18-15(11)12(9-17)8-13(10)14/h1-6,12H,7-9,17H2. The first-order valence-electron chi connectivity index (χ1n) is 6.19. The Bertz CT molecular complexity index is 580. The van der Waals surface area contributed by atoms with Crippen molar-refractivity contribution in [3.63, 3.8) is 0 Å². The van der Waals surface area contributed by atoms with Crippen LogP contribution in [0.3, 0.4) is 0 Å². The van der Waals surface area contributed by atoms with Gasteiger partial charge in [-0.1, -0.05) is 18.2 Å². The molecule has 0 fully saturated rings. The molecular formula is C15H15FN2. The van der Waals surface area contributed by atoms with Gasteiger partial charge < -0.3 is 5.73 Å². The van der Waals surface area contributed by atoms with E-state index in [0.717, 1.165) is 28.8 Å². The molecule has 1 atom stereocenters. The van der Waals surface area contributed by atoms with Gasteiger partial charge in [0.05, 0.1) is 0 Å². The fourth-order valence-corrected chi connectivity index (χ4v) is 2.71. The van der Waals surface area contributed by atoms with Gasteiger partial charge in [-0.25, -0.2) is 4.39 Å². The first-order chi connectivity index (χ1) is 8.79. The van der Waals surface area contributed by atoms with Crippen LogP contribution in [0.1, 0.15) is 28.3 Å². The highest BCUT2D eigenvalue weighted by Crippen LogP contribution is 2.31. The van der Waals surface area contributed by atoms with E-state index in [1.165, 1.54) is 6.07 Å². The second-order valence-electron chi connectivity index (χ2n) is 4.74. The summed E-state index contributed by atoms with van der Waals surface area (Å²) in [5.74, 6) is -0.0156. The molecular weight excluding hydrogens is 227 g/mol. The van der Waals surface area contributed by atoms with E-state index in [4.69, 9.17) is 5.73 Å². The third kappa shape index (κ3) is 1.81. The maximum atomic E-state index is 13.9. The SMILES string of the molecule is NCC1Cc2c(F)cccc2Cc2cccnc21. The average molecular weight is 242 g/mol. The lowest BCUT2D eigenvalue weighted by molar-refractivity contribution is 0.587. The summed E-state index contributed by atoms with van der Waals surface area (Å²) in [7, 11) is 0. The van der Waals surface area contributed by atoms with Crippen LogP contribution in [0.4, 0.5) is 4.39 Å². The van der Waals surface area contributed by atoms with Crippen molar-refractivity contribution in [1.82, 2.24) is 4.98 Å². The summed E-state index contributed by atoms with van der Waals surface area (Å²) in [6.07, 6.45) is 3.17. The molecule has 3 rings (SSSR count). The lowest BCUT2D eigenvalue weighted by atomic mass is 9.95. The van der Waals surface area contributed by atoms with Crippen molar-refractivity contribution in [2.45, 2.75) is 18.8 Å². The van der Waals surface area contributed by atoms with E-state index < -0.39 is 0 Å². The maximum Gasteiger partial charge on any atom is 0.126 e. The van der Waals surface area contributed by atoms with Gasteiger partial charge in [0.25, 0.3) is 0 Å². The molecule has 0 amide bonds. The van der Waals surface area contributed by atoms with Gasteiger partial charge in [-0.3, -0.25) is 4.98 Å². The molecule has 1 aromatic carbocycles. The van der Waals surface area contributed by atoms with Crippen molar-refractivity contribution < 1.29 is 4.39 Å². The number of pyridine rings is 1. The predicted molar refractivity (Wildman–Crippen MR) is 68.9 cm³/mol. The molecule has 0 aliphatic heterocycles. The van der Waals surface area contributed by atoms with Crippen LogP contribution >= 0.6 is 0 Å². The molecule has 2 nitrogen and oxygen atoms in total. The van der Waals surface area contributed by atoms with Crippen molar-refractivity contribution in [3.05, 3.63) is 64.7 Å². The molecule has 18 heavy (non-hydrogen) atoms. The molecule has 0 spiro atoms. The second-order valence-corrected chi connectivity index (χ2v) is 4.74. The smallest absolute Gasteiger partial charge is 0.126 e. The highest BCUT2D eigenvalue weighted by Gasteiger charge is 2.23. The highest BCUT2D eigenvalue weighted by atomic mass is 19.1. The molecule has 0 saturated heterocycles. The summed E-state index contributed by atoms with van der Waals surface area (Å²) >= 11 is 0. The van der Waals surface area contributed by atoms with Gasteiger partial charge in [0.15, 0.2) is 0 Å². The molecule has 0 bridgehead atoms. The number of rotatable bonds is 1. The minimum Gasteiger partial charge on any atom is -0.330 e. The molecule has 2 N–H and O–H groups in total. The van der Waals surface area contributed by atoms with E-state index in [-0.39, 0.29) is 11.7 Å². The van der Waals surface area contributed by atoms with Crippen LogP contribution in [-0.2, 0) is 12.8 Å². The second kappa shape index (κ2) is 4.50. The van der Waals surface area contributed by atoms with E-state index in [1.807, 2.05) is 12.1 Å². The predicted octanol–water partition coefficient (Wildman–Crippen LogP) is 2.41. The summed E-state index contributed by atoms with van der Waals surface area (Å²) in [6, 6.07) is 9.28. The zero-order valence-electron chi connectivity index (χ0n) is 10.1. The quantitative estimate of drug-likeness (QED) is 0.834. The number of aromatic nitrogens is 1. The van der Waals surface area contributed by atoms with Crippen LogP contribution < -0.4 is 5.73 Å². The van der Waals surface area contributed by atoms with Crippen molar-refractivity contribution >= 4 is 0 Å². The molecule has 1 aromatic heterocycles. The van der Waals surface area contributed by atoms with Crippen LogP contribution in [0.25, 0.3) is 0 Å². The fourth-order valence-electron chi connectivity index (χ4n) is 2.71. The molecule has 1 aliphatic carbocycles. The normalized spacial score (nSPS) is 17.8. The van der Waals surface area contributed by atoms with Crippen LogP contribution in [-0.4, -0.2) is 11.5 Å². The van der Waals surface area contributed by atoms with E-state index in [9.17, 15) is 4.39 Å². The first-order valence-corrected chi connectivity index (χ1v) is 6.19. The number of fused-ring (bicyclic) bond motifs is 2. The zero-order chi connectivity index (χ0) is 12.5. The molecule has 1 unspecified atom stereocenters. The zero-order valence-corrected chi connectivity index (χ0v) is 10.1. The molecule has 1 aliphatic rings. The minimum atomic E-state index is -0.126.